The van der Waals surface area contributed by atoms with Crippen LogP contribution >= 0.6 is 22.7 Å². The second-order valence-electron chi connectivity index (χ2n) is 4.00. The summed E-state index contributed by atoms with van der Waals surface area (Å²) in [5.41, 5.74) is 1.15. The van der Waals surface area contributed by atoms with E-state index in [-0.39, 0.29) is 11.5 Å². The minimum absolute atomic E-state index is 0.155. The maximum atomic E-state index is 12.0. The van der Waals surface area contributed by atoms with Gasteiger partial charge in [-0.2, -0.15) is 0 Å². The number of nitrogens with one attached hydrogen (secondary N) is 1. The van der Waals surface area contributed by atoms with Crippen LogP contribution in [0.3, 0.4) is 0 Å². The maximum Gasteiger partial charge on any atom is 0.338 e. The van der Waals surface area contributed by atoms with Gasteiger partial charge in [-0.1, -0.05) is 0 Å². The average Bonchev–Trinajstić information content (AvgIpc) is 2.85. The summed E-state index contributed by atoms with van der Waals surface area (Å²) in [5, 5.41) is 14.6. The van der Waals surface area contributed by atoms with Gasteiger partial charge in [0.2, 0.25) is 0 Å². The minimum Gasteiger partial charge on any atom is -0.478 e. The van der Waals surface area contributed by atoms with E-state index in [4.69, 9.17) is 0 Å². The molecule has 100 valence electrons. The van der Waals surface area contributed by atoms with Crippen LogP contribution < -0.4 is 5.32 Å². The quantitative estimate of drug-likeness (QED) is 0.912. The Morgan fingerprint density at radius 3 is 2.53 bits per heavy atom. The van der Waals surface area contributed by atoms with Crippen LogP contribution in [0.2, 0.25) is 0 Å². The first-order valence-corrected chi connectivity index (χ1v) is 7.16. The average molecular weight is 296 g/mol. The van der Waals surface area contributed by atoms with E-state index in [0.29, 0.717) is 16.3 Å². The fourth-order valence-electron chi connectivity index (χ4n) is 1.61. The lowest BCUT2D eigenvalue weighted by Gasteiger charge is -2.02. The van der Waals surface area contributed by atoms with Gasteiger partial charge in [0.15, 0.2) is 0 Å². The van der Waals surface area contributed by atoms with Crippen LogP contribution in [0.4, 0.5) is 5.00 Å². The minimum atomic E-state index is -1.04. The second-order valence-corrected chi connectivity index (χ2v) is 6.29. The van der Waals surface area contributed by atoms with Gasteiger partial charge in [-0.05, 0) is 26.3 Å². The van der Waals surface area contributed by atoms with Crippen LogP contribution in [0.15, 0.2) is 5.38 Å². The predicted octanol–water partition coefficient (Wildman–Crippen LogP) is 3.08. The first-order valence-electron chi connectivity index (χ1n) is 5.47. The number of thiazole rings is 1. The van der Waals surface area contributed by atoms with Crippen LogP contribution in [0.1, 0.15) is 36.3 Å². The topological polar surface area (TPSA) is 79.3 Å². The fraction of sp³-hybridized carbons (Fsp3) is 0.250. The van der Waals surface area contributed by atoms with Crippen molar-refractivity contribution >= 4 is 39.6 Å². The third-order valence-corrected chi connectivity index (χ3v) is 4.57. The number of thiophene rings is 1. The molecule has 2 heterocycles. The maximum absolute atomic E-state index is 12.0. The van der Waals surface area contributed by atoms with E-state index in [1.54, 1.807) is 12.3 Å². The van der Waals surface area contributed by atoms with Crippen LogP contribution in [0.25, 0.3) is 0 Å². The van der Waals surface area contributed by atoms with E-state index in [1.807, 2.05) is 13.8 Å². The zero-order valence-electron chi connectivity index (χ0n) is 10.6. The molecule has 5 nitrogen and oxygen atoms in total. The molecule has 0 spiro atoms. The Labute approximate surface area is 117 Å². The third kappa shape index (κ3) is 2.66. The first-order chi connectivity index (χ1) is 8.90. The van der Waals surface area contributed by atoms with Crippen molar-refractivity contribution in [1.29, 1.82) is 0 Å². The molecule has 2 rings (SSSR count). The van der Waals surface area contributed by atoms with Crippen molar-refractivity contribution in [3.05, 3.63) is 32.1 Å². The lowest BCUT2D eigenvalue weighted by molar-refractivity contribution is 0.0697. The molecular weight excluding hydrogens is 284 g/mol. The molecule has 0 aliphatic carbocycles. The van der Waals surface area contributed by atoms with Gasteiger partial charge in [0.25, 0.3) is 5.91 Å². The Kier molecular flexibility index (Phi) is 3.68. The molecule has 0 aliphatic heterocycles. The number of carboxylic acid groups (broad SMARTS) is 1. The normalized spacial score (nSPS) is 10.5. The molecule has 0 radical (unpaired) electrons. The van der Waals surface area contributed by atoms with Crippen molar-refractivity contribution in [1.82, 2.24) is 4.98 Å². The van der Waals surface area contributed by atoms with Crippen molar-refractivity contribution in [2.75, 3.05) is 5.32 Å². The molecule has 0 saturated carbocycles. The number of aromatic carboxylic acids is 1. The van der Waals surface area contributed by atoms with Crippen molar-refractivity contribution in [2.45, 2.75) is 20.8 Å². The summed E-state index contributed by atoms with van der Waals surface area (Å²) >= 11 is 2.64. The molecule has 1 amide bonds. The van der Waals surface area contributed by atoms with Gasteiger partial charge in [-0.25, -0.2) is 9.78 Å². The Hall–Kier alpha value is -1.73. The van der Waals surface area contributed by atoms with Gasteiger partial charge in [0.05, 0.1) is 10.6 Å². The summed E-state index contributed by atoms with van der Waals surface area (Å²) < 4.78 is 0. The third-order valence-electron chi connectivity index (χ3n) is 2.68. The van der Waals surface area contributed by atoms with E-state index in [2.05, 4.69) is 10.3 Å². The van der Waals surface area contributed by atoms with Crippen molar-refractivity contribution < 1.29 is 14.7 Å². The van der Waals surface area contributed by atoms with Gasteiger partial charge in [0, 0.05) is 10.3 Å². The first kappa shape index (κ1) is 13.7. The molecule has 2 N–H and O–H groups in total. The monoisotopic (exact) mass is 296 g/mol. The highest BCUT2D eigenvalue weighted by atomic mass is 32.1. The Morgan fingerprint density at radius 2 is 2.00 bits per heavy atom. The number of hydrogen-bond acceptors (Lipinski definition) is 5. The fourth-order valence-corrected chi connectivity index (χ4v) is 3.25. The van der Waals surface area contributed by atoms with Crippen LogP contribution in [-0.2, 0) is 0 Å². The Bertz CT molecular complexity index is 658. The summed E-state index contributed by atoms with van der Waals surface area (Å²) in [4.78, 5) is 28.1. The largest absolute Gasteiger partial charge is 0.478 e. The smallest absolute Gasteiger partial charge is 0.338 e. The number of aromatic nitrogens is 1. The molecule has 0 saturated heterocycles. The molecule has 0 unspecified atom stereocenters. The molecule has 0 atom stereocenters. The molecule has 19 heavy (non-hydrogen) atoms. The number of carboxylic acids is 1. The Morgan fingerprint density at radius 1 is 1.32 bits per heavy atom. The lowest BCUT2D eigenvalue weighted by Crippen LogP contribution is -2.14. The summed E-state index contributed by atoms with van der Waals surface area (Å²) in [5.74, 6) is -1.42. The zero-order chi connectivity index (χ0) is 14.2. The molecule has 2 aromatic rings. The van der Waals surface area contributed by atoms with Crippen LogP contribution in [0, 0.1) is 20.8 Å². The summed E-state index contributed by atoms with van der Waals surface area (Å²) in [6, 6.07) is 0. The number of carbonyl (C=O) groups is 2. The lowest BCUT2D eigenvalue weighted by atomic mass is 10.1. The van der Waals surface area contributed by atoms with E-state index in [1.165, 1.54) is 22.7 Å². The number of aryl methyl sites for hydroxylation is 2. The van der Waals surface area contributed by atoms with Crippen molar-refractivity contribution in [2.24, 2.45) is 0 Å². The van der Waals surface area contributed by atoms with Gasteiger partial charge >= 0.3 is 5.97 Å². The number of carbonyl (C=O) groups excluding carboxylic acids is 1. The molecular formula is C12H12N2O3S2. The SMILES string of the molecule is Cc1nc(C(=O)Nc2sc(C)c(C)c2C(=O)O)cs1. The number of nitrogens with zero attached hydrogens (tertiary/aromatic N) is 1. The second kappa shape index (κ2) is 5.10. The number of anilines is 1. The number of rotatable bonds is 3. The van der Waals surface area contributed by atoms with Gasteiger partial charge in [0.1, 0.15) is 10.7 Å². The highest BCUT2D eigenvalue weighted by Crippen LogP contribution is 2.32. The Balaban J connectivity index is 2.31. The summed E-state index contributed by atoms with van der Waals surface area (Å²) in [6.07, 6.45) is 0. The molecule has 0 aromatic carbocycles. The molecule has 0 bridgehead atoms. The zero-order valence-corrected chi connectivity index (χ0v) is 12.2. The standard InChI is InChI=1S/C12H12N2O3S2/c1-5-6(2)19-11(9(5)12(16)17)14-10(15)8-4-18-7(3)13-8/h4H,1-3H3,(H,14,15)(H,16,17). The molecule has 7 heteroatoms. The van der Waals surface area contributed by atoms with Crippen LogP contribution in [0.5, 0.6) is 0 Å². The predicted molar refractivity (Wildman–Crippen MR) is 75.6 cm³/mol. The van der Waals surface area contributed by atoms with Gasteiger partial charge in [-0.15, -0.1) is 22.7 Å². The van der Waals surface area contributed by atoms with E-state index in [0.717, 1.165) is 9.88 Å². The van der Waals surface area contributed by atoms with Crippen molar-refractivity contribution in [3.63, 3.8) is 0 Å². The summed E-state index contributed by atoms with van der Waals surface area (Å²) in [6.45, 7) is 5.37. The highest BCUT2D eigenvalue weighted by molar-refractivity contribution is 7.16. The van der Waals surface area contributed by atoms with Gasteiger partial charge < -0.3 is 10.4 Å². The number of hydrogen-bond donors (Lipinski definition) is 2. The number of amides is 1. The molecule has 0 aliphatic rings. The van der Waals surface area contributed by atoms with E-state index in [9.17, 15) is 14.7 Å². The summed E-state index contributed by atoms with van der Waals surface area (Å²) in [7, 11) is 0. The van der Waals surface area contributed by atoms with Crippen LogP contribution in [-0.4, -0.2) is 22.0 Å². The molecule has 2 aromatic heterocycles. The highest BCUT2D eigenvalue weighted by Gasteiger charge is 2.21. The molecule has 0 fully saturated rings. The van der Waals surface area contributed by atoms with Crippen molar-refractivity contribution in [3.8, 4) is 0 Å². The van der Waals surface area contributed by atoms with E-state index >= 15 is 0 Å². The van der Waals surface area contributed by atoms with E-state index < -0.39 is 5.97 Å². The van der Waals surface area contributed by atoms with Gasteiger partial charge in [-0.3, -0.25) is 4.79 Å².